The first kappa shape index (κ1) is 24.2. The predicted octanol–water partition coefficient (Wildman–Crippen LogP) is 10.7. The maximum absolute atomic E-state index is 5.15. The molecule has 0 radical (unpaired) electrons. The van der Waals surface area contributed by atoms with Crippen LogP contribution >= 0.6 is 11.3 Å². The number of hydrogen-bond acceptors (Lipinski definition) is 4. The van der Waals surface area contributed by atoms with E-state index in [1.54, 1.807) is 0 Å². The summed E-state index contributed by atoms with van der Waals surface area (Å²) in [5.74, 6) is 0.663. The number of hydrogen-bond donors (Lipinski definition) is 0. The fourth-order valence-electron chi connectivity index (χ4n) is 6.22. The van der Waals surface area contributed by atoms with E-state index in [1.165, 1.54) is 36.3 Å². The van der Waals surface area contributed by atoms with Gasteiger partial charge in [-0.1, -0.05) is 109 Å². The smallest absolute Gasteiger partial charge is 0.164 e. The normalized spacial score (nSPS) is 11.7. The second-order valence-corrected chi connectivity index (χ2v) is 12.0. The van der Waals surface area contributed by atoms with Gasteiger partial charge in [0.25, 0.3) is 0 Å². The van der Waals surface area contributed by atoms with Gasteiger partial charge < -0.3 is 0 Å². The zero-order valence-corrected chi connectivity index (χ0v) is 23.8. The molecule has 43 heavy (non-hydrogen) atoms. The molecule has 3 aromatic heterocycles. The summed E-state index contributed by atoms with van der Waals surface area (Å²) in [6.45, 7) is 0. The van der Waals surface area contributed by atoms with Crippen molar-refractivity contribution in [3.63, 3.8) is 0 Å². The zero-order chi connectivity index (χ0) is 28.3. The molecule has 200 valence electrons. The van der Waals surface area contributed by atoms with E-state index in [4.69, 9.17) is 15.0 Å². The van der Waals surface area contributed by atoms with E-state index in [-0.39, 0.29) is 0 Å². The summed E-state index contributed by atoms with van der Waals surface area (Å²) in [6, 6.07) is 49.4. The van der Waals surface area contributed by atoms with E-state index in [2.05, 4.69) is 133 Å². The molecule has 9 rings (SSSR count). The minimum Gasteiger partial charge on any atom is -0.208 e. The molecule has 0 saturated heterocycles. The van der Waals surface area contributed by atoms with Crippen LogP contribution in [0, 0.1) is 0 Å². The van der Waals surface area contributed by atoms with E-state index in [0.29, 0.717) is 17.1 Å². The average Bonchev–Trinajstić information content (AvgIpc) is 3.46. The topological polar surface area (TPSA) is 38.7 Å². The van der Waals surface area contributed by atoms with Gasteiger partial charge in [-0.05, 0) is 63.0 Å². The number of benzene rings is 6. The maximum atomic E-state index is 5.15. The Bertz CT molecular complexity index is 2570. The minimum absolute atomic E-state index is 0.663. The minimum atomic E-state index is 0.663. The van der Waals surface area contributed by atoms with Crippen LogP contribution in [0.5, 0.6) is 0 Å². The fraction of sp³-hybridized carbons (Fsp3) is 0. The summed E-state index contributed by atoms with van der Waals surface area (Å²) < 4.78 is 2.48. The molecule has 3 nitrogen and oxygen atoms in total. The summed E-state index contributed by atoms with van der Waals surface area (Å²) in [5.41, 5.74) is 4.60. The van der Waals surface area contributed by atoms with Crippen molar-refractivity contribution in [3.05, 3.63) is 140 Å². The SMILES string of the molecule is c1ccc(-c2cccc(-c3nc4nc(n3)c3cccc5sc6ccc(cc6c53)c3ccccc3c3cccc4c3)c2)cc1. The van der Waals surface area contributed by atoms with Gasteiger partial charge in [0.2, 0.25) is 0 Å². The van der Waals surface area contributed by atoms with Crippen LogP contribution in [-0.2, 0) is 0 Å². The van der Waals surface area contributed by atoms with Crippen molar-refractivity contribution in [2.24, 2.45) is 0 Å². The summed E-state index contributed by atoms with van der Waals surface area (Å²) in [5, 5.41) is 9.13. The Kier molecular flexibility index (Phi) is 5.37. The number of fused-ring (bicyclic) bond motifs is 10. The molecule has 9 aromatic rings. The lowest BCUT2D eigenvalue weighted by Crippen LogP contribution is -1.94. The van der Waals surface area contributed by atoms with Gasteiger partial charge in [-0.3, -0.25) is 0 Å². The zero-order valence-electron chi connectivity index (χ0n) is 23.0. The van der Waals surface area contributed by atoms with Crippen molar-refractivity contribution in [2.75, 3.05) is 0 Å². The Morgan fingerprint density at radius 1 is 0.372 bits per heavy atom. The second kappa shape index (κ2) is 9.55. The first-order valence-electron chi connectivity index (χ1n) is 14.4. The van der Waals surface area contributed by atoms with Crippen molar-refractivity contribution in [1.82, 2.24) is 15.0 Å². The Morgan fingerprint density at radius 2 is 1.05 bits per heavy atom. The first-order valence-corrected chi connectivity index (χ1v) is 15.2. The molecule has 0 aliphatic rings. The van der Waals surface area contributed by atoms with Gasteiger partial charge in [-0.15, -0.1) is 11.3 Å². The van der Waals surface area contributed by atoms with Crippen molar-refractivity contribution in [2.45, 2.75) is 0 Å². The summed E-state index contributed by atoms with van der Waals surface area (Å²) >= 11 is 1.81. The number of aromatic nitrogens is 3. The van der Waals surface area contributed by atoms with E-state index in [9.17, 15) is 0 Å². The summed E-state index contributed by atoms with van der Waals surface area (Å²) in [7, 11) is 0. The monoisotopic (exact) mass is 565 g/mol. The van der Waals surface area contributed by atoms with Gasteiger partial charge >= 0.3 is 0 Å². The molecule has 0 amide bonds. The average molecular weight is 566 g/mol. The molecule has 6 bridgehead atoms. The largest absolute Gasteiger partial charge is 0.208 e. The highest BCUT2D eigenvalue weighted by molar-refractivity contribution is 7.26. The van der Waals surface area contributed by atoms with E-state index >= 15 is 0 Å². The van der Waals surface area contributed by atoms with Gasteiger partial charge in [0.1, 0.15) is 0 Å². The van der Waals surface area contributed by atoms with E-state index in [0.717, 1.165) is 32.8 Å². The Hall–Kier alpha value is -5.45. The molecule has 0 N–H and O–H groups in total. The fourth-order valence-corrected chi connectivity index (χ4v) is 7.33. The maximum Gasteiger partial charge on any atom is 0.164 e. The molecule has 0 fully saturated rings. The van der Waals surface area contributed by atoms with Crippen LogP contribution < -0.4 is 0 Å². The Balaban J connectivity index is 1.48. The van der Waals surface area contributed by atoms with Gasteiger partial charge in [-0.25, -0.2) is 15.0 Å². The van der Waals surface area contributed by atoms with Crippen LogP contribution in [0.1, 0.15) is 0 Å². The molecule has 0 saturated carbocycles. The van der Waals surface area contributed by atoms with Crippen molar-refractivity contribution in [3.8, 4) is 22.5 Å². The molecular formula is C39H23N3S. The van der Waals surface area contributed by atoms with Crippen LogP contribution in [0.25, 0.3) is 86.3 Å². The highest BCUT2D eigenvalue weighted by Crippen LogP contribution is 2.39. The Morgan fingerprint density at radius 3 is 1.93 bits per heavy atom. The number of rotatable bonds is 2. The standard InChI is InChI=1S/C39H23N3S/c1-2-9-24(10-3-1)25-11-6-13-28(21-25)37-40-38-29-14-7-12-26(22-29)30-15-4-5-16-31(30)27-19-20-34-33(23-27)36-32(39(41-37)42-38)17-8-18-35(36)43-34/h1-23H. The van der Waals surface area contributed by atoms with Crippen molar-refractivity contribution in [1.29, 1.82) is 0 Å². The first-order chi connectivity index (χ1) is 21.3. The third-order valence-corrected chi connectivity index (χ3v) is 9.41. The molecule has 3 heterocycles. The van der Waals surface area contributed by atoms with Crippen molar-refractivity contribution < 1.29 is 0 Å². The molecule has 0 aliphatic carbocycles. The van der Waals surface area contributed by atoms with Gasteiger partial charge in [0, 0.05) is 36.5 Å². The van der Waals surface area contributed by atoms with Crippen LogP contribution in [0.4, 0.5) is 0 Å². The van der Waals surface area contributed by atoms with Crippen molar-refractivity contribution >= 4 is 75.1 Å². The lowest BCUT2D eigenvalue weighted by molar-refractivity contribution is 1.18. The van der Waals surface area contributed by atoms with Crippen LogP contribution in [0.2, 0.25) is 0 Å². The molecule has 4 heteroatoms. The molecule has 0 spiro atoms. The van der Waals surface area contributed by atoms with Gasteiger partial charge in [0.15, 0.2) is 17.1 Å². The third kappa shape index (κ3) is 3.99. The summed E-state index contributed by atoms with van der Waals surface area (Å²) in [6.07, 6.45) is 0. The molecule has 0 atom stereocenters. The molecular weight excluding hydrogens is 543 g/mol. The molecule has 0 aliphatic heterocycles. The number of nitrogens with zero attached hydrogens (tertiary/aromatic N) is 3. The lowest BCUT2D eigenvalue weighted by atomic mass is 10.0. The predicted molar refractivity (Wildman–Crippen MR) is 182 cm³/mol. The van der Waals surface area contributed by atoms with Crippen LogP contribution in [0.15, 0.2) is 140 Å². The van der Waals surface area contributed by atoms with Crippen LogP contribution in [0.3, 0.4) is 0 Å². The Labute approximate surface area is 251 Å². The number of thiophene rings is 1. The lowest BCUT2D eigenvalue weighted by Gasteiger charge is -2.07. The summed E-state index contributed by atoms with van der Waals surface area (Å²) in [4.78, 5) is 15.4. The van der Waals surface area contributed by atoms with E-state index in [1.807, 2.05) is 17.4 Å². The quantitative estimate of drug-likeness (QED) is 0.209. The van der Waals surface area contributed by atoms with Gasteiger partial charge in [-0.2, -0.15) is 0 Å². The highest BCUT2D eigenvalue weighted by Gasteiger charge is 2.13. The highest BCUT2D eigenvalue weighted by atomic mass is 32.1. The van der Waals surface area contributed by atoms with Crippen LogP contribution in [-0.4, -0.2) is 15.0 Å². The van der Waals surface area contributed by atoms with Gasteiger partial charge in [0.05, 0.1) is 0 Å². The van der Waals surface area contributed by atoms with E-state index < -0.39 is 0 Å². The second-order valence-electron chi connectivity index (χ2n) is 10.9. The molecule has 6 aromatic carbocycles. The molecule has 0 unspecified atom stereocenters. The third-order valence-electron chi connectivity index (χ3n) is 8.27.